The van der Waals surface area contributed by atoms with Gasteiger partial charge in [-0.3, -0.25) is 4.79 Å². The van der Waals surface area contributed by atoms with Crippen LogP contribution in [-0.2, 0) is 4.79 Å². The molecular formula is C11H15NO4S. The van der Waals surface area contributed by atoms with Crippen LogP contribution in [0.5, 0.6) is 11.5 Å². The largest absolute Gasteiger partial charge is 0.493 e. The summed E-state index contributed by atoms with van der Waals surface area (Å²) in [4.78, 5) is 10.8. The van der Waals surface area contributed by atoms with Crippen molar-refractivity contribution < 1.29 is 19.4 Å². The molecule has 0 aliphatic rings. The highest BCUT2D eigenvalue weighted by molar-refractivity contribution is 7.80. The molecule has 1 rings (SSSR count). The number of carboxylic acid groups (broad SMARTS) is 1. The second-order valence-electron chi connectivity index (χ2n) is 3.42. The first-order chi connectivity index (χ1) is 8.01. The lowest BCUT2D eigenvalue weighted by atomic mass is 10.1. The van der Waals surface area contributed by atoms with Crippen LogP contribution in [0, 0.1) is 0 Å². The molecule has 2 unspecified atom stereocenters. The van der Waals surface area contributed by atoms with Gasteiger partial charge in [-0.1, -0.05) is 6.07 Å². The third kappa shape index (κ3) is 3.04. The van der Waals surface area contributed by atoms with Gasteiger partial charge >= 0.3 is 5.97 Å². The van der Waals surface area contributed by atoms with Crippen LogP contribution in [0.15, 0.2) is 18.2 Å². The van der Waals surface area contributed by atoms with Gasteiger partial charge in [0.25, 0.3) is 0 Å². The Hall–Kier alpha value is -1.40. The Balaban J connectivity index is 3.03. The normalized spacial score (nSPS) is 13.9. The van der Waals surface area contributed by atoms with Gasteiger partial charge in [0.1, 0.15) is 6.04 Å². The highest BCUT2D eigenvalue weighted by atomic mass is 32.1. The van der Waals surface area contributed by atoms with Crippen LogP contribution in [0.25, 0.3) is 0 Å². The predicted octanol–water partition coefficient (Wildman–Crippen LogP) is 1.09. The summed E-state index contributed by atoms with van der Waals surface area (Å²) in [6, 6.07) is 3.99. The van der Waals surface area contributed by atoms with Gasteiger partial charge in [0.15, 0.2) is 11.5 Å². The van der Waals surface area contributed by atoms with E-state index in [9.17, 15) is 4.79 Å². The number of carbonyl (C=O) groups is 1. The zero-order valence-electron chi connectivity index (χ0n) is 9.58. The maximum atomic E-state index is 10.8. The van der Waals surface area contributed by atoms with Crippen molar-refractivity contribution in [2.24, 2.45) is 5.73 Å². The topological polar surface area (TPSA) is 81.8 Å². The van der Waals surface area contributed by atoms with Crippen molar-refractivity contribution in [2.75, 3.05) is 14.2 Å². The number of nitrogens with two attached hydrogens (primary N) is 1. The average Bonchev–Trinajstić information content (AvgIpc) is 2.35. The van der Waals surface area contributed by atoms with Crippen LogP contribution >= 0.6 is 12.6 Å². The highest BCUT2D eigenvalue weighted by Crippen LogP contribution is 2.32. The molecule has 6 heteroatoms. The quantitative estimate of drug-likeness (QED) is 0.688. The summed E-state index contributed by atoms with van der Waals surface area (Å²) >= 11 is 4.20. The van der Waals surface area contributed by atoms with Gasteiger partial charge in [0, 0.05) is 0 Å². The molecule has 0 aromatic heterocycles. The standard InChI is InChI=1S/C11H15NO4S/c1-15-7-4-3-6(5-8(7)16-2)10(17)9(12)11(13)14/h3-5,9-10,17H,12H2,1-2H3,(H,13,14). The number of benzene rings is 1. The van der Waals surface area contributed by atoms with Crippen LogP contribution < -0.4 is 15.2 Å². The summed E-state index contributed by atoms with van der Waals surface area (Å²) in [6.07, 6.45) is 0. The van der Waals surface area contributed by atoms with Crippen molar-refractivity contribution in [3.05, 3.63) is 23.8 Å². The number of hydrogen-bond acceptors (Lipinski definition) is 5. The summed E-state index contributed by atoms with van der Waals surface area (Å²) in [5, 5.41) is 8.21. The van der Waals surface area contributed by atoms with Crippen molar-refractivity contribution >= 4 is 18.6 Å². The summed E-state index contributed by atoms with van der Waals surface area (Å²) in [6.45, 7) is 0. The zero-order valence-corrected chi connectivity index (χ0v) is 10.5. The smallest absolute Gasteiger partial charge is 0.321 e. The molecule has 0 saturated carbocycles. The fraction of sp³-hybridized carbons (Fsp3) is 0.364. The minimum Gasteiger partial charge on any atom is -0.493 e. The third-order valence-electron chi connectivity index (χ3n) is 2.37. The molecular weight excluding hydrogens is 242 g/mol. The average molecular weight is 257 g/mol. The highest BCUT2D eigenvalue weighted by Gasteiger charge is 2.23. The van der Waals surface area contributed by atoms with E-state index >= 15 is 0 Å². The number of ether oxygens (including phenoxy) is 2. The van der Waals surface area contributed by atoms with E-state index in [0.717, 1.165) is 0 Å². The molecule has 0 aliphatic carbocycles. The van der Waals surface area contributed by atoms with Crippen molar-refractivity contribution in [3.63, 3.8) is 0 Å². The minimum absolute atomic E-state index is 0.515. The lowest BCUT2D eigenvalue weighted by Crippen LogP contribution is -2.34. The summed E-state index contributed by atoms with van der Waals surface area (Å²) in [7, 11) is 3.03. The Bertz CT molecular complexity index is 410. The first kappa shape index (κ1) is 13.7. The SMILES string of the molecule is COc1ccc(C(S)C(N)C(=O)O)cc1OC. The molecule has 0 fully saturated rings. The molecule has 0 heterocycles. The monoisotopic (exact) mass is 257 g/mol. The van der Waals surface area contributed by atoms with E-state index in [1.807, 2.05) is 0 Å². The van der Waals surface area contributed by atoms with Crippen LogP contribution in [0.4, 0.5) is 0 Å². The summed E-state index contributed by atoms with van der Waals surface area (Å²) in [5.41, 5.74) is 6.17. The van der Waals surface area contributed by atoms with Gasteiger partial charge in [-0.15, -0.1) is 0 Å². The first-order valence-electron chi connectivity index (χ1n) is 4.89. The minimum atomic E-state index is -1.10. The Morgan fingerprint density at radius 2 is 1.94 bits per heavy atom. The predicted molar refractivity (Wildman–Crippen MR) is 66.9 cm³/mol. The molecule has 1 aromatic rings. The molecule has 3 N–H and O–H groups in total. The van der Waals surface area contributed by atoms with E-state index in [4.69, 9.17) is 20.3 Å². The molecule has 5 nitrogen and oxygen atoms in total. The Morgan fingerprint density at radius 1 is 1.35 bits per heavy atom. The Morgan fingerprint density at radius 3 is 2.41 bits per heavy atom. The number of carboxylic acids is 1. The first-order valence-corrected chi connectivity index (χ1v) is 5.41. The van der Waals surface area contributed by atoms with Crippen molar-refractivity contribution in [1.29, 1.82) is 0 Å². The summed E-state index contributed by atoms with van der Waals surface area (Å²) in [5.74, 6) is -0.0119. The van der Waals surface area contributed by atoms with E-state index in [2.05, 4.69) is 12.6 Å². The van der Waals surface area contributed by atoms with Crippen LogP contribution in [0.2, 0.25) is 0 Å². The molecule has 0 aliphatic heterocycles. The Kier molecular flexibility index (Phi) is 4.65. The van der Waals surface area contributed by atoms with Crippen molar-refractivity contribution in [3.8, 4) is 11.5 Å². The van der Waals surface area contributed by atoms with E-state index in [0.29, 0.717) is 17.1 Å². The molecule has 0 saturated heterocycles. The lowest BCUT2D eigenvalue weighted by Gasteiger charge is -2.17. The number of thiol groups is 1. The third-order valence-corrected chi connectivity index (χ3v) is 2.99. The number of rotatable bonds is 5. The molecule has 2 atom stereocenters. The van der Waals surface area contributed by atoms with E-state index in [-0.39, 0.29) is 0 Å². The lowest BCUT2D eigenvalue weighted by molar-refractivity contribution is -0.138. The van der Waals surface area contributed by atoms with Crippen molar-refractivity contribution in [2.45, 2.75) is 11.3 Å². The fourth-order valence-corrected chi connectivity index (χ4v) is 1.67. The molecule has 0 bridgehead atoms. The maximum absolute atomic E-state index is 10.8. The van der Waals surface area contributed by atoms with Crippen LogP contribution in [-0.4, -0.2) is 31.3 Å². The zero-order chi connectivity index (χ0) is 13.0. The van der Waals surface area contributed by atoms with Gasteiger partial charge in [0.2, 0.25) is 0 Å². The molecule has 0 spiro atoms. The second kappa shape index (κ2) is 5.79. The van der Waals surface area contributed by atoms with Gasteiger partial charge in [0.05, 0.1) is 19.5 Å². The fourth-order valence-electron chi connectivity index (χ4n) is 1.38. The molecule has 0 radical (unpaired) electrons. The summed E-state index contributed by atoms with van der Waals surface area (Å²) < 4.78 is 10.2. The van der Waals surface area contributed by atoms with Crippen molar-refractivity contribution in [1.82, 2.24) is 0 Å². The number of hydrogen-bond donors (Lipinski definition) is 3. The molecule has 94 valence electrons. The van der Waals surface area contributed by atoms with Gasteiger partial charge in [-0.2, -0.15) is 12.6 Å². The van der Waals surface area contributed by atoms with E-state index < -0.39 is 17.3 Å². The molecule has 17 heavy (non-hydrogen) atoms. The maximum Gasteiger partial charge on any atom is 0.321 e. The van der Waals surface area contributed by atoms with E-state index in [1.54, 1.807) is 18.2 Å². The second-order valence-corrected chi connectivity index (χ2v) is 3.98. The van der Waals surface area contributed by atoms with E-state index in [1.165, 1.54) is 14.2 Å². The number of aliphatic carboxylic acids is 1. The molecule has 0 amide bonds. The molecule has 1 aromatic carbocycles. The van der Waals surface area contributed by atoms with Gasteiger partial charge < -0.3 is 20.3 Å². The van der Waals surface area contributed by atoms with Crippen LogP contribution in [0.1, 0.15) is 10.8 Å². The Labute approximate surface area is 105 Å². The van der Waals surface area contributed by atoms with Gasteiger partial charge in [-0.25, -0.2) is 0 Å². The van der Waals surface area contributed by atoms with Gasteiger partial charge in [-0.05, 0) is 17.7 Å². The van der Waals surface area contributed by atoms with Crippen LogP contribution in [0.3, 0.4) is 0 Å². The number of methoxy groups -OCH3 is 2.